The van der Waals surface area contributed by atoms with Gasteiger partial charge >= 0.3 is 0 Å². The van der Waals surface area contributed by atoms with Gasteiger partial charge in [0.25, 0.3) is 0 Å². The number of nitrogens with zero attached hydrogens (tertiary/aromatic N) is 1. The van der Waals surface area contributed by atoms with Gasteiger partial charge in [-0.05, 0) is 44.0 Å². The minimum absolute atomic E-state index is 0.680. The van der Waals surface area contributed by atoms with Crippen molar-refractivity contribution in [2.24, 2.45) is 4.99 Å². The van der Waals surface area contributed by atoms with Crippen molar-refractivity contribution in [3.63, 3.8) is 0 Å². The van der Waals surface area contributed by atoms with Gasteiger partial charge in [-0.2, -0.15) is 0 Å². The lowest BCUT2D eigenvalue weighted by Crippen LogP contribution is -2.37. The van der Waals surface area contributed by atoms with Crippen LogP contribution >= 0.6 is 0 Å². The molecule has 0 bridgehead atoms. The Kier molecular flexibility index (Phi) is 6.74. The highest BCUT2D eigenvalue weighted by molar-refractivity contribution is 5.79. The lowest BCUT2D eigenvalue weighted by Gasteiger charge is -2.13. The molecule has 0 amide bonds. The van der Waals surface area contributed by atoms with Crippen molar-refractivity contribution in [3.8, 4) is 11.5 Å². The summed E-state index contributed by atoms with van der Waals surface area (Å²) in [6, 6.07) is 8.00. The average molecular weight is 345 g/mol. The van der Waals surface area contributed by atoms with Crippen molar-refractivity contribution >= 4 is 5.96 Å². The van der Waals surface area contributed by atoms with E-state index in [0.717, 1.165) is 47.5 Å². The van der Waals surface area contributed by atoms with Crippen LogP contribution in [-0.2, 0) is 13.0 Å². The molecule has 6 heteroatoms. The SMILES string of the molecule is CN=C(NCCc1ccc(OC)c(OC)c1)NCc1cc(C)oc1C. The van der Waals surface area contributed by atoms with E-state index < -0.39 is 0 Å². The number of ether oxygens (including phenoxy) is 2. The summed E-state index contributed by atoms with van der Waals surface area (Å²) in [6.07, 6.45) is 0.852. The molecule has 0 aliphatic rings. The van der Waals surface area contributed by atoms with Crippen LogP contribution in [0.5, 0.6) is 11.5 Å². The first-order valence-electron chi connectivity index (χ1n) is 8.28. The zero-order valence-corrected chi connectivity index (χ0v) is 15.6. The average Bonchev–Trinajstić information content (AvgIpc) is 2.95. The molecule has 2 rings (SSSR count). The van der Waals surface area contributed by atoms with E-state index in [2.05, 4.69) is 15.6 Å². The molecule has 0 spiro atoms. The predicted octanol–water partition coefficient (Wildman–Crippen LogP) is 2.82. The fourth-order valence-electron chi connectivity index (χ4n) is 2.62. The van der Waals surface area contributed by atoms with E-state index in [1.54, 1.807) is 21.3 Å². The number of aliphatic imine (C=N–C) groups is 1. The third-order valence-corrected chi connectivity index (χ3v) is 3.97. The Balaban J connectivity index is 1.84. The molecule has 0 saturated carbocycles. The molecule has 0 radical (unpaired) electrons. The summed E-state index contributed by atoms with van der Waals surface area (Å²) in [4.78, 5) is 4.25. The fraction of sp³-hybridized carbons (Fsp3) is 0.421. The molecule has 0 aliphatic heterocycles. The van der Waals surface area contributed by atoms with E-state index in [4.69, 9.17) is 13.9 Å². The highest BCUT2D eigenvalue weighted by Crippen LogP contribution is 2.27. The normalized spacial score (nSPS) is 11.3. The monoisotopic (exact) mass is 345 g/mol. The molecule has 1 aromatic heterocycles. The van der Waals surface area contributed by atoms with Crippen LogP contribution in [0, 0.1) is 13.8 Å². The smallest absolute Gasteiger partial charge is 0.191 e. The number of hydrogen-bond acceptors (Lipinski definition) is 4. The van der Waals surface area contributed by atoms with Crippen molar-refractivity contribution in [2.45, 2.75) is 26.8 Å². The number of aryl methyl sites for hydroxylation is 2. The molecular weight excluding hydrogens is 318 g/mol. The molecule has 0 fully saturated rings. The van der Waals surface area contributed by atoms with Crippen LogP contribution in [0.25, 0.3) is 0 Å². The number of furan rings is 1. The molecule has 6 nitrogen and oxygen atoms in total. The number of methoxy groups -OCH3 is 2. The Morgan fingerprint density at radius 1 is 1.08 bits per heavy atom. The second-order valence-electron chi connectivity index (χ2n) is 5.73. The van der Waals surface area contributed by atoms with E-state index in [9.17, 15) is 0 Å². The van der Waals surface area contributed by atoms with Crippen LogP contribution in [-0.4, -0.2) is 33.8 Å². The summed E-state index contributed by atoms with van der Waals surface area (Å²) in [5.41, 5.74) is 2.31. The van der Waals surface area contributed by atoms with Crippen molar-refractivity contribution in [1.82, 2.24) is 10.6 Å². The Labute approximate surface area is 149 Å². The first kappa shape index (κ1) is 18.7. The molecular formula is C19H27N3O3. The molecule has 25 heavy (non-hydrogen) atoms. The zero-order chi connectivity index (χ0) is 18.2. The molecule has 1 heterocycles. The van der Waals surface area contributed by atoms with Gasteiger partial charge in [0.1, 0.15) is 11.5 Å². The molecule has 136 valence electrons. The Hall–Kier alpha value is -2.63. The van der Waals surface area contributed by atoms with Crippen molar-refractivity contribution < 1.29 is 13.9 Å². The molecule has 0 aliphatic carbocycles. The first-order valence-corrected chi connectivity index (χ1v) is 8.28. The molecule has 2 N–H and O–H groups in total. The minimum Gasteiger partial charge on any atom is -0.493 e. The quantitative estimate of drug-likeness (QED) is 0.597. The maximum absolute atomic E-state index is 5.54. The maximum atomic E-state index is 5.54. The van der Waals surface area contributed by atoms with E-state index in [1.807, 2.05) is 38.1 Å². The summed E-state index contributed by atoms with van der Waals surface area (Å²) >= 11 is 0. The highest BCUT2D eigenvalue weighted by atomic mass is 16.5. The third-order valence-electron chi connectivity index (χ3n) is 3.97. The summed E-state index contributed by atoms with van der Waals surface area (Å²) in [7, 11) is 5.04. The van der Waals surface area contributed by atoms with Gasteiger partial charge in [0, 0.05) is 25.7 Å². The second-order valence-corrected chi connectivity index (χ2v) is 5.73. The van der Waals surface area contributed by atoms with Crippen molar-refractivity contribution in [1.29, 1.82) is 0 Å². The number of benzene rings is 1. The lowest BCUT2D eigenvalue weighted by atomic mass is 10.1. The van der Waals surface area contributed by atoms with Crippen molar-refractivity contribution in [2.75, 3.05) is 27.8 Å². The largest absolute Gasteiger partial charge is 0.493 e. The predicted molar refractivity (Wildman–Crippen MR) is 99.6 cm³/mol. The van der Waals surface area contributed by atoms with Crippen LogP contribution in [0.3, 0.4) is 0 Å². The van der Waals surface area contributed by atoms with Gasteiger partial charge < -0.3 is 24.5 Å². The van der Waals surface area contributed by atoms with Gasteiger partial charge in [-0.1, -0.05) is 6.07 Å². The Morgan fingerprint density at radius 3 is 2.44 bits per heavy atom. The van der Waals surface area contributed by atoms with Gasteiger partial charge in [-0.25, -0.2) is 0 Å². The van der Waals surface area contributed by atoms with Gasteiger partial charge in [-0.15, -0.1) is 0 Å². The van der Waals surface area contributed by atoms with Crippen LogP contribution in [0.2, 0.25) is 0 Å². The molecule has 1 aromatic carbocycles. The number of guanidine groups is 1. The van der Waals surface area contributed by atoms with Crippen molar-refractivity contribution in [3.05, 3.63) is 46.9 Å². The van der Waals surface area contributed by atoms with Crippen LogP contribution < -0.4 is 20.1 Å². The standard InChI is InChI=1S/C19H27N3O3/c1-13-10-16(14(2)25-13)12-22-19(20-3)21-9-8-15-6-7-17(23-4)18(11-15)24-5/h6-7,10-11H,8-9,12H2,1-5H3,(H2,20,21,22). The van der Waals surface area contributed by atoms with Crippen LogP contribution in [0.1, 0.15) is 22.6 Å². The van der Waals surface area contributed by atoms with E-state index in [-0.39, 0.29) is 0 Å². The molecule has 2 aromatic rings. The van der Waals surface area contributed by atoms with Gasteiger partial charge in [0.2, 0.25) is 0 Å². The summed E-state index contributed by atoms with van der Waals surface area (Å²) < 4.78 is 16.1. The van der Waals surface area contributed by atoms with Crippen LogP contribution in [0.4, 0.5) is 0 Å². The van der Waals surface area contributed by atoms with E-state index in [1.165, 1.54) is 5.56 Å². The number of rotatable bonds is 7. The highest BCUT2D eigenvalue weighted by Gasteiger charge is 2.07. The molecule has 0 atom stereocenters. The minimum atomic E-state index is 0.680. The topological polar surface area (TPSA) is 68.0 Å². The van der Waals surface area contributed by atoms with Gasteiger partial charge in [-0.3, -0.25) is 4.99 Å². The summed E-state index contributed by atoms with van der Waals surface area (Å²) in [5, 5.41) is 6.62. The maximum Gasteiger partial charge on any atom is 0.191 e. The van der Waals surface area contributed by atoms with Gasteiger partial charge in [0.05, 0.1) is 14.2 Å². The first-order chi connectivity index (χ1) is 12.1. The molecule has 0 saturated heterocycles. The number of hydrogen-bond donors (Lipinski definition) is 2. The second kappa shape index (κ2) is 9.01. The summed E-state index contributed by atoms with van der Waals surface area (Å²) in [6.45, 7) is 5.36. The fourth-order valence-corrected chi connectivity index (χ4v) is 2.62. The van der Waals surface area contributed by atoms with Gasteiger partial charge in [0.15, 0.2) is 17.5 Å². The number of nitrogens with one attached hydrogen (secondary N) is 2. The third kappa shape index (κ3) is 5.17. The van der Waals surface area contributed by atoms with E-state index >= 15 is 0 Å². The van der Waals surface area contributed by atoms with E-state index in [0.29, 0.717) is 6.54 Å². The Bertz CT molecular complexity index is 723. The lowest BCUT2D eigenvalue weighted by molar-refractivity contribution is 0.354. The zero-order valence-electron chi connectivity index (χ0n) is 15.6. The van der Waals surface area contributed by atoms with Crippen LogP contribution in [0.15, 0.2) is 33.7 Å². The Morgan fingerprint density at radius 2 is 1.84 bits per heavy atom. The summed E-state index contributed by atoms with van der Waals surface area (Å²) in [5.74, 6) is 4.10. The molecule has 0 unspecified atom stereocenters.